The average Bonchev–Trinajstić information content (AvgIpc) is 2.33. The Morgan fingerprint density at radius 1 is 1.15 bits per heavy atom. The number of aryl methyl sites for hydroxylation is 1. The maximum absolute atomic E-state index is 11.2. The Balaban J connectivity index is 2.39. The lowest BCUT2D eigenvalue weighted by molar-refractivity contribution is 0.415. The molecule has 0 N–H and O–H groups in total. The topological polar surface area (TPSA) is 78.4 Å². The maximum atomic E-state index is 11.2. The predicted octanol–water partition coefficient (Wildman–Crippen LogP) is 2.57. The maximum Gasteiger partial charge on any atom is 0.306 e. The Kier molecular flexibility index (Phi) is 4.10. The van der Waals surface area contributed by atoms with Crippen molar-refractivity contribution in [1.82, 2.24) is 10.2 Å². The average molecular weight is 315 g/mol. The molecule has 0 amide bonds. The molecule has 0 radical (unpaired) electrons. The lowest BCUT2D eigenvalue weighted by Crippen LogP contribution is -2.08. The zero-order chi connectivity index (χ0) is 14.8. The van der Waals surface area contributed by atoms with Crippen molar-refractivity contribution in [3.8, 4) is 17.4 Å². The molecule has 1 aromatic carbocycles. The van der Waals surface area contributed by atoms with Gasteiger partial charge in [-0.2, -0.15) is 8.42 Å². The molecule has 6 nitrogen and oxygen atoms in total. The van der Waals surface area contributed by atoms with Gasteiger partial charge in [-0.05, 0) is 18.6 Å². The molecule has 0 aliphatic carbocycles. The van der Waals surface area contributed by atoms with E-state index in [1.165, 1.54) is 6.07 Å². The summed E-state index contributed by atoms with van der Waals surface area (Å²) in [6.45, 7) is 1.84. The van der Waals surface area contributed by atoms with E-state index in [1.54, 1.807) is 12.1 Å². The minimum absolute atomic E-state index is 0.000726. The minimum Gasteiger partial charge on any atom is -0.435 e. The van der Waals surface area contributed by atoms with E-state index in [0.717, 1.165) is 11.8 Å². The van der Waals surface area contributed by atoms with Crippen LogP contribution >= 0.6 is 11.6 Å². The second-order valence-electron chi connectivity index (χ2n) is 3.99. The van der Waals surface area contributed by atoms with Crippen LogP contribution in [0.3, 0.4) is 0 Å². The number of hydrogen-bond acceptors (Lipinski definition) is 6. The van der Waals surface area contributed by atoms with E-state index in [1.807, 2.05) is 19.1 Å². The van der Waals surface area contributed by atoms with Gasteiger partial charge >= 0.3 is 10.1 Å². The molecular weight excluding hydrogens is 304 g/mol. The third kappa shape index (κ3) is 3.82. The van der Waals surface area contributed by atoms with Gasteiger partial charge in [0.25, 0.3) is 5.88 Å². The minimum atomic E-state index is -3.73. The van der Waals surface area contributed by atoms with E-state index in [2.05, 4.69) is 10.2 Å². The second-order valence-corrected chi connectivity index (χ2v) is 5.95. The van der Waals surface area contributed by atoms with E-state index in [-0.39, 0.29) is 16.8 Å². The normalized spacial score (nSPS) is 11.2. The van der Waals surface area contributed by atoms with Crippen LogP contribution in [0.15, 0.2) is 30.3 Å². The molecular formula is C12H11ClN2O4S. The summed E-state index contributed by atoms with van der Waals surface area (Å²) in [6, 6.07) is 8.42. The molecule has 0 saturated heterocycles. The summed E-state index contributed by atoms with van der Waals surface area (Å²) in [7, 11) is -3.73. The molecule has 20 heavy (non-hydrogen) atoms. The van der Waals surface area contributed by atoms with Crippen LogP contribution in [0.5, 0.6) is 17.4 Å². The van der Waals surface area contributed by atoms with Crippen molar-refractivity contribution in [3.05, 3.63) is 41.0 Å². The predicted molar refractivity (Wildman–Crippen MR) is 73.8 cm³/mol. The SMILES string of the molecule is Cc1ccccc1Oc1nnc(Cl)cc1OS(C)(=O)=O. The van der Waals surface area contributed by atoms with Crippen LogP contribution < -0.4 is 8.92 Å². The van der Waals surface area contributed by atoms with Gasteiger partial charge in [-0.3, -0.25) is 0 Å². The highest BCUT2D eigenvalue weighted by Crippen LogP contribution is 2.32. The Bertz CT molecular complexity index is 734. The van der Waals surface area contributed by atoms with Crippen LogP contribution in [-0.4, -0.2) is 24.9 Å². The molecule has 2 aromatic rings. The summed E-state index contributed by atoms with van der Waals surface area (Å²) in [6.07, 6.45) is 0.916. The van der Waals surface area contributed by atoms with Gasteiger partial charge in [-0.15, -0.1) is 10.2 Å². The van der Waals surface area contributed by atoms with Crippen molar-refractivity contribution in [2.75, 3.05) is 6.26 Å². The van der Waals surface area contributed by atoms with Crippen LogP contribution in [0.1, 0.15) is 5.56 Å². The van der Waals surface area contributed by atoms with Crippen molar-refractivity contribution < 1.29 is 17.3 Å². The summed E-state index contributed by atoms with van der Waals surface area (Å²) in [5.41, 5.74) is 0.856. The fraction of sp³-hybridized carbons (Fsp3) is 0.167. The summed E-state index contributed by atoms with van der Waals surface area (Å²) < 4.78 is 32.7. The first-order valence-corrected chi connectivity index (χ1v) is 7.71. The molecule has 2 rings (SSSR count). The largest absolute Gasteiger partial charge is 0.435 e. The molecule has 0 unspecified atom stereocenters. The highest BCUT2D eigenvalue weighted by molar-refractivity contribution is 7.86. The highest BCUT2D eigenvalue weighted by Gasteiger charge is 2.16. The molecule has 0 spiro atoms. The van der Waals surface area contributed by atoms with Gasteiger partial charge < -0.3 is 8.92 Å². The van der Waals surface area contributed by atoms with E-state index >= 15 is 0 Å². The van der Waals surface area contributed by atoms with E-state index < -0.39 is 10.1 Å². The number of halogens is 1. The molecule has 8 heteroatoms. The molecule has 0 atom stereocenters. The molecule has 0 aliphatic rings. The highest BCUT2D eigenvalue weighted by atomic mass is 35.5. The van der Waals surface area contributed by atoms with Gasteiger partial charge in [0.15, 0.2) is 5.15 Å². The first kappa shape index (κ1) is 14.5. The number of ether oxygens (including phenoxy) is 1. The van der Waals surface area contributed by atoms with Crippen molar-refractivity contribution >= 4 is 21.7 Å². The summed E-state index contributed by atoms with van der Waals surface area (Å²) >= 11 is 5.68. The number of nitrogens with zero attached hydrogens (tertiary/aromatic N) is 2. The van der Waals surface area contributed by atoms with Crippen LogP contribution in [0.25, 0.3) is 0 Å². The number of benzene rings is 1. The molecule has 106 valence electrons. The van der Waals surface area contributed by atoms with Crippen molar-refractivity contribution in [2.45, 2.75) is 6.92 Å². The van der Waals surface area contributed by atoms with Gasteiger partial charge in [-0.25, -0.2) is 0 Å². The van der Waals surface area contributed by atoms with E-state index in [4.69, 9.17) is 20.5 Å². The second kappa shape index (κ2) is 5.64. The first-order valence-electron chi connectivity index (χ1n) is 5.51. The van der Waals surface area contributed by atoms with E-state index in [9.17, 15) is 8.42 Å². The van der Waals surface area contributed by atoms with Crippen molar-refractivity contribution in [2.24, 2.45) is 0 Å². The number of rotatable bonds is 4. The third-order valence-corrected chi connectivity index (χ3v) is 2.91. The zero-order valence-corrected chi connectivity index (χ0v) is 12.3. The first-order chi connectivity index (χ1) is 9.35. The van der Waals surface area contributed by atoms with Crippen molar-refractivity contribution in [1.29, 1.82) is 0 Å². The standard InChI is InChI=1S/C12H11ClN2O4S/c1-8-5-3-4-6-9(8)18-12-10(19-20(2,16)17)7-11(13)14-15-12/h3-7H,1-2H3. The Morgan fingerprint density at radius 2 is 1.85 bits per heavy atom. The molecule has 0 saturated carbocycles. The fourth-order valence-electron chi connectivity index (χ4n) is 1.41. The Morgan fingerprint density at radius 3 is 2.50 bits per heavy atom. The molecule has 0 fully saturated rings. The third-order valence-electron chi connectivity index (χ3n) is 2.24. The van der Waals surface area contributed by atoms with Crippen molar-refractivity contribution in [3.63, 3.8) is 0 Å². The van der Waals surface area contributed by atoms with Crippen LogP contribution in [0.2, 0.25) is 5.15 Å². The summed E-state index contributed by atoms with van der Waals surface area (Å²) in [5, 5.41) is 7.32. The fourth-order valence-corrected chi connectivity index (χ4v) is 1.99. The molecule has 1 aromatic heterocycles. The Labute approximate surface area is 121 Å². The van der Waals surface area contributed by atoms with Gasteiger partial charge in [0.2, 0.25) is 5.75 Å². The zero-order valence-electron chi connectivity index (χ0n) is 10.7. The summed E-state index contributed by atoms with van der Waals surface area (Å²) in [4.78, 5) is 0. The Hall–Kier alpha value is -1.86. The van der Waals surface area contributed by atoms with Gasteiger partial charge in [0, 0.05) is 6.07 Å². The quantitative estimate of drug-likeness (QED) is 0.807. The van der Waals surface area contributed by atoms with E-state index in [0.29, 0.717) is 5.75 Å². The van der Waals surface area contributed by atoms with Gasteiger partial charge in [-0.1, -0.05) is 29.8 Å². The molecule has 0 bridgehead atoms. The lowest BCUT2D eigenvalue weighted by Gasteiger charge is -2.10. The smallest absolute Gasteiger partial charge is 0.306 e. The number of para-hydroxylation sites is 1. The van der Waals surface area contributed by atoms with Gasteiger partial charge in [0.1, 0.15) is 5.75 Å². The summed E-state index contributed by atoms with van der Waals surface area (Å²) in [5.74, 6) is 0.326. The van der Waals surface area contributed by atoms with Crippen LogP contribution in [-0.2, 0) is 10.1 Å². The lowest BCUT2D eigenvalue weighted by atomic mass is 10.2. The molecule has 0 aliphatic heterocycles. The number of aromatic nitrogens is 2. The monoisotopic (exact) mass is 314 g/mol. The van der Waals surface area contributed by atoms with Gasteiger partial charge in [0.05, 0.1) is 6.26 Å². The number of hydrogen-bond donors (Lipinski definition) is 0. The molecule has 1 heterocycles. The van der Waals surface area contributed by atoms with Crippen LogP contribution in [0, 0.1) is 6.92 Å². The van der Waals surface area contributed by atoms with Crippen LogP contribution in [0.4, 0.5) is 0 Å².